The normalized spacial score (nSPS) is 10.4. The van der Waals surface area contributed by atoms with Crippen LogP contribution in [0.5, 0.6) is 11.5 Å². The van der Waals surface area contributed by atoms with Gasteiger partial charge in [0.25, 0.3) is 0 Å². The highest BCUT2D eigenvalue weighted by Gasteiger charge is 2.08. The third-order valence-corrected chi connectivity index (χ3v) is 2.96. The summed E-state index contributed by atoms with van der Waals surface area (Å²) in [7, 11) is 5.38. The van der Waals surface area contributed by atoms with Gasteiger partial charge in [0.2, 0.25) is 0 Å². The molecule has 0 radical (unpaired) electrons. The van der Waals surface area contributed by atoms with E-state index in [1.807, 2.05) is 13.1 Å². The van der Waals surface area contributed by atoms with Crippen LogP contribution in [-0.2, 0) is 6.42 Å². The predicted octanol–water partition coefficient (Wildman–Crippen LogP) is 2.55. The Bertz CT molecular complexity index is 350. The Morgan fingerprint density at radius 1 is 1.12 bits per heavy atom. The van der Waals surface area contributed by atoms with E-state index in [1.54, 1.807) is 14.2 Å². The molecule has 1 N–H and O–H groups in total. The molecule has 1 rings (SSSR count). The van der Waals surface area contributed by atoms with E-state index in [1.165, 1.54) is 24.0 Å². The van der Waals surface area contributed by atoms with E-state index in [2.05, 4.69) is 18.3 Å². The largest absolute Gasteiger partial charge is 0.497 e. The van der Waals surface area contributed by atoms with Crippen LogP contribution < -0.4 is 14.8 Å². The summed E-state index contributed by atoms with van der Waals surface area (Å²) in [6, 6.07) is 4.02. The van der Waals surface area contributed by atoms with Gasteiger partial charge in [0.15, 0.2) is 0 Å². The van der Waals surface area contributed by atoms with Gasteiger partial charge in [-0.2, -0.15) is 0 Å². The lowest BCUT2D eigenvalue weighted by atomic mass is 10.0. The molecule has 0 saturated carbocycles. The Morgan fingerprint density at radius 2 is 1.88 bits per heavy atom. The second-order valence-corrected chi connectivity index (χ2v) is 4.19. The average Bonchev–Trinajstić information content (AvgIpc) is 2.35. The third-order valence-electron chi connectivity index (χ3n) is 2.96. The number of hydrogen-bond donors (Lipinski definition) is 1. The quantitative estimate of drug-likeness (QED) is 0.739. The van der Waals surface area contributed by atoms with Gasteiger partial charge in [-0.15, -0.1) is 0 Å². The van der Waals surface area contributed by atoms with Crippen molar-refractivity contribution in [3.8, 4) is 11.5 Å². The van der Waals surface area contributed by atoms with Gasteiger partial charge in [-0.05, 0) is 57.0 Å². The first-order valence-electron chi connectivity index (χ1n) is 6.09. The summed E-state index contributed by atoms with van der Waals surface area (Å²) in [5.74, 6) is 1.80. The molecule has 1 aromatic rings. The number of methoxy groups -OCH3 is 2. The molecular weight excluding hydrogens is 214 g/mol. The van der Waals surface area contributed by atoms with E-state index < -0.39 is 0 Å². The van der Waals surface area contributed by atoms with Crippen molar-refractivity contribution in [1.29, 1.82) is 0 Å². The van der Waals surface area contributed by atoms with Crippen molar-refractivity contribution >= 4 is 0 Å². The van der Waals surface area contributed by atoms with Crippen molar-refractivity contribution in [3.63, 3.8) is 0 Å². The summed E-state index contributed by atoms with van der Waals surface area (Å²) in [4.78, 5) is 0. The van der Waals surface area contributed by atoms with Gasteiger partial charge in [-0.3, -0.25) is 0 Å². The zero-order chi connectivity index (χ0) is 12.7. The van der Waals surface area contributed by atoms with E-state index in [0.717, 1.165) is 24.5 Å². The molecule has 0 spiro atoms. The SMILES string of the molecule is CNCCCCc1c(C)cc(OC)cc1OC. The maximum absolute atomic E-state index is 5.43. The van der Waals surface area contributed by atoms with Crippen LogP contribution in [-0.4, -0.2) is 27.8 Å². The zero-order valence-electron chi connectivity index (χ0n) is 11.3. The number of nitrogens with one attached hydrogen (secondary N) is 1. The maximum atomic E-state index is 5.43. The van der Waals surface area contributed by atoms with E-state index in [0.29, 0.717) is 0 Å². The summed E-state index contributed by atoms with van der Waals surface area (Å²) < 4.78 is 10.7. The summed E-state index contributed by atoms with van der Waals surface area (Å²) in [6.45, 7) is 3.18. The van der Waals surface area contributed by atoms with E-state index in [9.17, 15) is 0 Å². The molecule has 17 heavy (non-hydrogen) atoms. The van der Waals surface area contributed by atoms with Crippen LogP contribution >= 0.6 is 0 Å². The fraction of sp³-hybridized carbons (Fsp3) is 0.571. The van der Waals surface area contributed by atoms with Gasteiger partial charge in [0.1, 0.15) is 11.5 Å². The standard InChI is InChI=1S/C14H23NO2/c1-11-9-12(16-3)10-14(17-4)13(11)7-5-6-8-15-2/h9-10,15H,5-8H2,1-4H3. The molecule has 0 saturated heterocycles. The van der Waals surface area contributed by atoms with Crippen LogP contribution in [0.4, 0.5) is 0 Å². The van der Waals surface area contributed by atoms with E-state index in [4.69, 9.17) is 9.47 Å². The van der Waals surface area contributed by atoms with Crippen molar-refractivity contribution < 1.29 is 9.47 Å². The number of aryl methyl sites for hydroxylation is 1. The van der Waals surface area contributed by atoms with Crippen LogP contribution in [0.1, 0.15) is 24.0 Å². The zero-order valence-corrected chi connectivity index (χ0v) is 11.3. The maximum Gasteiger partial charge on any atom is 0.126 e. The minimum atomic E-state index is 0.860. The number of unbranched alkanes of at least 4 members (excludes halogenated alkanes) is 1. The smallest absolute Gasteiger partial charge is 0.126 e. The molecule has 0 bridgehead atoms. The van der Waals surface area contributed by atoms with Gasteiger partial charge in [0.05, 0.1) is 14.2 Å². The molecule has 96 valence electrons. The molecule has 0 atom stereocenters. The van der Waals surface area contributed by atoms with Gasteiger partial charge in [-0.25, -0.2) is 0 Å². The third kappa shape index (κ3) is 3.93. The number of rotatable bonds is 7. The first-order valence-corrected chi connectivity index (χ1v) is 6.09. The van der Waals surface area contributed by atoms with Crippen molar-refractivity contribution in [2.24, 2.45) is 0 Å². The Morgan fingerprint density at radius 3 is 2.47 bits per heavy atom. The fourth-order valence-corrected chi connectivity index (χ4v) is 1.98. The minimum Gasteiger partial charge on any atom is -0.497 e. The van der Waals surface area contributed by atoms with Crippen molar-refractivity contribution in [1.82, 2.24) is 5.32 Å². The Labute approximate surface area is 104 Å². The summed E-state index contributed by atoms with van der Waals surface area (Å²) in [5.41, 5.74) is 2.54. The van der Waals surface area contributed by atoms with Crippen LogP contribution in [0.3, 0.4) is 0 Å². The second kappa shape index (κ2) is 7.17. The van der Waals surface area contributed by atoms with Gasteiger partial charge in [0, 0.05) is 6.07 Å². The second-order valence-electron chi connectivity index (χ2n) is 4.19. The van der Waals surface area contributed by atoms with Crippen LogP contribution in [0.2, 0.25) is 0 Å². The highest BCUT2D eigenvalue weighted by molar-refractivity contribution is 5.46. The van der Waals surface area contributed by atoms with Crippen LogP contribution in [0.15, 0.2) is 12.1 Å². The molecule has 0 aliphatic rings. The number of hydrogen-bond acceptors (Lipinski definition) is 3. The molecule has 3 nitrogen and oxygen atoms in total. The fourth-order valence-electron chi connectivity index (χ4n) is 1.98. The molecule has 1 aromatic carbocycles. The Balaban J connectivity index is 2.75. The van der Waals surface area contributed by atoms with Gasteiger partial charge in [-0.1, -0.05) is 0 Å². The lowest BCUT2D eigenvalue weighted by molar-refractivity contribution is 0.390. The van der Waals surface area contributed by atoms with Crippen LogP contribution in [0, 0.1) is 6.92 Å². The Hall–Kier alpha value is -1.22. The highest BCUT2D eigenvalue weighted by atomic mass is 16.5. The number of benzene rings is 1. The first kappa shape index (κ1) is 13.8. The van der Waals surface area contributed by atoms with Crippen molar-refractivity contribution in [2.75, 3.05) is 27.8 Å². The monoisotopic (exact) mass is 237 g/mol. The molecule has 0 amide bonds. The number of ether oxygens (including phenoxy) is 2. The Kier molecular flexibility index (Phi) is 5.84. The molecule has 0 heterocycles. The van der Waals surface area contributed by atoms with Crippen LogP contribution in [0.25, 0.3) is 0 Å². The van der Waals surface area contributed by atoms with Crippen molar-refractivity contribution in [3.05, 3.63) is 23.3 Å². The molecule has 0 aliphatic carbocycles. The topological polar surface area (TPSA) is 30.5 Å². The lowest BCUT2D eigenvalue weighted by Crippen LogP contribution is -2.08. The molecule has 0 aromatic heterocycles. The summed E-state index contributed by atoms with van der Waals surface area (Å²) in [6.07, 6.45) is 3.41. The summed E-state index contributed by atoms with van der Waals surface area (Å²) >= 11 is 0. The summed E-state index contributed by atoms with van der Waals surface area (Å²) in [5, 5.41) is 3.16. The molecule has 0 fully saturated rings. The predicted molar refractivity (Wildman–Crippen MR) is 71.1 cm³/mol. The molecular formula is C14H23NO2. The highest BCUT2D eigenvalue weighted by Crippen LogP contribution is 2.29. The lowest BCUT2D eigenvalue weighted by Gasteiger charge is -2.13. The average molecular weight is 237 g/mol. The first-order chi connectivity index (χ1) is 8.22. The van der Waals surface area contributed by atoms with E-state index in [-0.39, 0.29) is 0 Å². The van der Waals surface area contributed by atoms with Gasteiger partial charge >= 0.3 is 0 Å². The minimum absolute atomic E-state index is 0.860. The van der Waals surface area contributed by atoms with Crippen molar-refractivity contribution in [2.45, 2.75) is 26.2 Å². The molecule has 0 unspecified atom stereocenters. The molecule has 0 aliphatic heterocycles. The van der Waals surface area contributed by atoms with E-state index >= 15 is 0 Å². The van der Waals surface area contributed by atoms with Gasteiger partial charge < -0.3 is 14.8 Å². The molecule has 3 heteroatoms.